The van der Waals surface area contributed by atoms with Crippen molar-refractivity contribution in [1.82, 2.24) is 0 Å². The topological polar surface area (TPSA) is 58.6 Å². The van der Waals surface area contributed by atoms with Crippen molar-refractivity contribution in [2.75, 3.05) is 16.8 Å². The maximum absolute atomic E-state index is 14.1. The van der Waals surface area contributed by atoms with Crippen LogP contribution in [0.2, 0.25) is 0 Å². The second-order valence-electron chi connectivity index (χ2n) is 11.7. The summed E-state index contributed by atoms with van der Waals surface area (Å²) in [5, 5.41) is 3.28. The Morgan fingerprint density at radius 2 is 1.34 bits per heavy atom. The van der Waals surface area contributed by atoms with Crippen LogP contribution in [0.5, 0.6) is 0 Å². The second-order valence-corrected chi connectivity index (χ2v) is 11.7. The third kappa shape index (κ3) is 5.52. The minimum absolute atomic E-state index is 0.00545. The van der Waals surface area contributed by atoms with Gasteiger partial charge in [-0.2, -0.15) is 0 Å². The minimum atomic E-state index is -0.625. The van der Waals surface area contributed by atoms with Crippen molar-refractivity contribution in [2.24, 2.45) is 0 Å². The van der Waals surface area contributed by atoms with Gasteiger partial charge in [0.15, 0.2) is 0 Å². The van der Waals surface area contributed by atoms with Crippen molar-refractivity contribution in [3.8, 4) is 0 Å². The first kappa shape index (κ1) is 27.2. The van der Waals surface area contributed by atoms with E-state index in [2.05, 4.69) is 46.9 Å². The first-order chi connectivity index (χ1) is 17.9. The number of carbonyl (C=O) groups is 2. The summed E-state index contributed by atoms with van der Waals surface area (Å²) < 4.78 is 5.49. The van der Waals surface area contributed by atoms with E-state index in [-0.39, 0.29) is 29.0 Å². The molecule has 4 rings (SSSR count). The Labute approximate surface area is 226 Å². The molecule has 0 fully saturated rings. The monoisotopic (exact) mass is 510 g/mol. The number of amides is 1. The van der Waals surface area contributed by atoms with E-state index in [0.29, 0.717) is 5.57 Å². The highest BCUT2D eigenvalue weighted by Gasteiger charge is 2.45. The van der Waals surface area contributed by atoms with Crippen LogP contribution in [-0.4, -0.2) is 18.5 Å². The molecule has 3 aromatic rings. The number of anilines is 2. The molecular formula is C33H38N2O3. The van der Waals surface area contributed by atoms with Gasteiger partial charge < -0.3 is 10.1 Å². The Hall–Kier alpha value is -3.86. The average Bonchev–Trinajstić information content (AvgIpc) is 3.16. The predicted octanol–water partition coefficient (Wildman–Crippen LogP) is 7.30. The standard InChI is InChI=1S/C33H38N2O3/c1-8-38-31(37)27-28(34-25-18-14-23(15-19-25)32(2,3)4)30(36)35(29(27)22-12-10-9-11-13-22)26-20-16-24(17-21-26)33(5,6)7/h9-21,29,34H,8H2,1-7H3. The first-order valence-corrected chi connectivity index (χ1v) is 13.2. The van der Waals surface area contributed by atoms with Crippen molar-refractivity contribution in [1.29, 1.82) is 0 Å². The van der Waals surface area contributed by atoms with Crippen molar-refractivity contribution in [3.63, 3.8) is 0 Å². The predicted molar refractivity (Wildman–Crippen MR) is 154 cm³/mol. The summed E-state index contributed by atoms with van der Waals surface area (Å²) >= 11 is 0. The van der Waals surface area contributed by atoms with Crippen molar-refractivity contribution < 1.29 is 14.3 Å². The molecule has 0 saturated carbocycles. The highest BCUT2D eigenvalue weighted by Crippen LogP contribution is 2.42. The molecule has 198 valence electrons. The van der Waals surface area contributed by atoms with E-state index < -0.39 is 12.0 Å². The zero-order valence-electron chi connectivity index (χ0n) is 23.5. The number of hydrogen-bond acceptors (Lipinski definition) is 4. The third-order valence-electron chi connectivity index (χ3n) is 6.88. The summed E-state index contributed by atoms with van der Waals surface area (Å²) in [5.41, 5.74) is 5.17. The molecule has 1 aliphatic rings. The van der Waals surface area contributed by atoms with Gasteiger partial charge in [0.2, 0.25) is 0 Å². The molecule has 3 aromatic carbocycles. The lowest BCUT2D eigenvalue weighted by Crippen LogP contribution is -2.32. The van der Waals surface area contributed by atoms with Crippen LogP contribution < -0.4 is 10.2 Å². The molecule has 38 heavy (non-hydrogen) atoms. The van der Waals surface area contributed by atoms with Gasteiger partial charge in [0.05, 0.1) is 18.2 Å². The Morgan fingerprint density at radius 3 is 1.84 bits per heavy atom. The Kier molecular flexibility index (Phi) is 7.50. The number of benzene rings is 3. The fourth-order valence-electron chi connectivity index (χ4n) is 4.70. The van der Waals surface area contributed by atoms with Crippen LogP contribution in [0.1, 0.15) is 71.2 Å². The van der Waals surface area contributed by atoms with Crippen LogP contribution in [0.3, 0.4) is 0 Å². The number of nitrogens with one attached hydrogen (secondary N) is 1. The lowest BCUT2D eigenvalue weighted by atomic mass is 9.87. The Morgan fingerprint density at radius 1 is 0.816 bits per heavy atom. The van der Waals surface area contributed by atoms with E-state index in [4.69, 9.17) is 4.74 Å². The van der Waals surface area contributed by atoms with E-state index in [1.807, 2.05) is 78.9 Å². The maximum atomic E-state index is 14.1. The van der Waals surface area contributed by atoms with E-state index >= 15 is 0 Å². The van der Waals surface area contributed by atoms with Crippen LogP contribution in [0, 0.1) is 0 Å². The lowest BCUT2D eigenvalue weighted by molar-refractivity contribution is -0.138. The fraction of sp³-hybridized carbons (Fsp3) is 0.333. The molecule has 5 nitrogen and oxygen atoms in total. The number of ether oxygens (including phenoxy) is 1. The third-order valence-corrected chi connectivity index (χ3v) is 6.88. The summed E-state index contributed by atoms with van der Waals surface area (Å²) in [5.74, 6) is -0.775. The number of rotatable bonds is 6. The maximum Gasteiger partial charge on any atom is 0.338 e. The molecule has 1 heterocycles. The molecule has 0 aliphatic carbocycles. The SMILES string of the molecule is CCOC(=O)C1=C(Nc2ccc(C(C)(C)C)cc2)C(=O)N(c2ccc(C(C)(C)C)cc2)C1c1ccccc1. The van der Waals surface area contributed by atoms with Gasteiger partial charge in [0.25, 0.3) is 5.91 Å². The van der Waals surface area contributed by atoms with Gasteiger partial charge >= 0.3 is 5.97 Å². The average molecular weight is 511 g/mol. The van der Waals surface area contributed by atoms with Gasteiger partial charge in [-0.25, -0.2) is 4.79 Å². The molecule has 0 aromatic heterocycles. The molecule has 0 spiro atoms. The molecule has 0 radical (unpaired) electrons. The number of hydrogen-bond donors (Lipinski definition) is 1. The second kappa shape index (κ2) is 10.5. The summed E-state index contributed by atoms with van der Waals surface area (Å²) in [6.07, 6.45) is 0. The van der Waals surface area contributed by atoms with E-state index in [9.17, 15) is 9.59 Å². The van der Waals surface area contributed by atoms with Crippen LogP contribution in [0.25, 0.3) is 0 Å². The molecule has 1 unspecified atom stereocenters. The van der Waals surface area contributed by atoms with Crippen molar-refractivity contribution in [2.45, 2.75) is 65.3 Å². The summed E-state index contributed by atoms with van der Waals surface area (Å²) in [6, 6.07) is 25.0. The molecule has 1 N–H and O–H groups in total. The Balaban J connectivity index is 1.83. The number of esters is 1. The zero-order valence-corrected chi connectivity index (χ0v) is 23.5. The largest absolute Gasteiger partial charge is 0.463 e. The number of nitrogens with zero attached hydrogens (tertiary/aromatic N) is 1. The van der Waals surface area contributed by atoms with Crippen molar-refractivity contribution >= 4 is 23.3 Å². The molecule has 1 aliphatic heterocycles. The normalized spacial score (nSPS) is 16.1. The first-order valence-electron chi connectivity index (χ1n) is 13.2. The van der Waals surface area contributed by atoms with Gasteiger partial charge in [0, 0.05) is 11.4 Å². The zero-order chi connectivity index (χ0) is 27.7. The summed E-state index contributed by atoms with van der Waals surface area (Å²) in [6.45, 7) is 14.9. The molecule has 0 bridgehead atoms. The highest BCUT2D eigenvalue weighted by molar-refractivity contribution is 6.18. The fourth-order valence-corrected chi connectivity index (χ4v) is 4.70. The van der Waals surface area contributed by atoms with Gasteiger partial charge in [-0.3, -0.25) is 9.69 Å². The molecule has 0 saturated heterocycles. The lowest BCUT2D eigenvalue weighted by Gasteiger charge is -2.28. The van der Waals surface area contributed by atoms with E-state index in [1.54, 1.807) is 11.8 Å². The minimum Gasteiger partial charge on any atom is -0.463 e. The van der Waals surface area contributed by atoms with Gasteiger partial charge in [-0.1, -0.05) is 96.1 Å². The van der Waals surface area contributed by atoms with Crippen LogP contribution in [-0.2, 0) is 25.2 Å². The Bertz CT molecular complexity index is 1330. The molecular weight excluding hydrogens is 472 g/mol. The quantitative estimate of drug-likeness (QED) is 0.354. The van der Waals surface area contributed by atoms with Crippen LogP contribution in [0.4, 0.5) is 11.4 Å². The van der Waals surface area contributed by atoms with E-state index in [0.717, 1.165) is 16.9 Å². The van der Waals surface area contributed by atoms with Crippen LogP contribution >= 0.6 is 0 Å². The molecule has 5 heteroatoms. The summed E-state index contributed by atoms with van der Waals surface area (Å²) in [7, 11) is 0. The van der Waals surface area contributed by atoms with Gasteiger partial charge in [-0.05, 0) is 58.7 Å². The van der Waals surface area contributed by atoms with Gasteiger partial charge in [-0.15, -0.1) is 0 Å². The highest BCUT2D eigenvalue weighted by atomic mass is 16.5. The molecule has 1 amide bonds. The summed E-state index contributed by atoms with van der Waals surface area (Å²) in [4.78, 5) is 29.2. The van der Waals surface area contributed by atoms with Gasteiger partial charge in [0.1, 0.15) is 5.70 Å². The van der Waals surface area contributed by atoms with Crippen molar-refractivity contribution in [3.05, 3.63) is 107 Å². The van der Waals surface area contributed by atoms with Crippen LogP contribution in [0.15, 0.2) is 90.1 Å². The number of carbonyl (C=O) groups excluding carboxylic acids is 2. The smallest absolute Gasteiger partial charge is 0.338 e. The van der Waals surface area contributed by atoms with E-state index in [1.165, 1.54) is 11.1 Å². The molecule has 1 atom stereocenters.